The first-order valence-electron chi connectivity index (χ1n) is 9.15. The van der Waals surface area contributed by atoms with Crippen molar-refractivity contribution in [3.63, 3.8) is 0 Å². The van der Waals surface area contributed by atoms with Crippen LogP contribution in [0.1, 0.15) is 15.9 Å². The normalized spacial score (nSPS) is 15.9. The Morgan fingerprint density at radius 1 is 1.00 bits per heavy atom. The topological polar surface area (TPSA) is 77.1 Å². The minimum absolute atomic E-state index is 0.169. The molecule has 2 amide bonds. The molecule has 0 aromatic heterocycles. The number of benzene rings is 2. The number of hydrogen-bond donors (Lipinski definition) is 1. The first-order chi connectivity index (χ1) is 14.1. The molecule has 2 aliphatic rings. The number of carbonyl (C=O) groups excluding carboxylic acids is 2. The molecule has 1 N–H and O–H groups in total. The van der Waals surface area contributed by atoms with Crippen molar-refractivity contribution >= 4 is 33.8 Å². The molecule has 0 spiro atoms. The Hall–Kier alpha value is -2.84. The lowest BCUT2D eigenvalue weighted by Crippen LogP contribution is -2.44. The molecule has 1 fully saturated rings. The molecule has 4 rings (SSSR count). The third kappa shape index (κ3) is 4.60. The van der Waals surface area contributed by atoms with Crippen LogP contribution in [0.5, 0.6) is 11.5 Å². The fraction of sp³-hybridized carbons (Fsp3) is 0.238. The summed E-state index contributed by atoms with van der Waals surface area (Å²) in [4.78, 5) is 27.5. The number of halogens is 1. The van der Waals surface area contributed by atoms with Gasteiger partial charge in [-0.15, -0.1) is 0 Å². The van der Waals surface area contributed by atoms with Gasteiger partial charge >= 0.3 is 0 Å². The number of rotatable bonds is 4. The van der Waals surface area contributed by atoms with Crippen molar-refractivity contribution in [3.8, 4) is 11.5 Å². The van der Waals surface area contributed by atoms with E-state index in [0.717, 1.165) is 10.0 Å². The molecule has 0 atom stereocenters. The van der Waals surface area contributed by atoms with E-state index >= 15 is 0 Å². The summed E-state index contributed by atoms with van der Waals surface area (Å²) in [6, 6.07) is 12.3. The first kappa shape index (κ1) is 19.5. The summed E-state index contributed by atoms with van der Waals surface area (Å²) in [7, 11) is 0. The summed E-state index contributed by atoms with van der Waals surface area (Å²) in [5, 5.41) is 2.77. The van der Waals surface area contributed by atoms with Crippen molar-refractivity contribution in [1.82, 2.24) is 10.2 Å². The van der Waals surface area contributed by atoms with Crippen LogP contribution in [0.2, 0.25) is 0 Å². The lowest BCUT2D eigenvalue weighted by Gasteiger charge is -2.27. The Morgan fingerprint density at radius 3 is 2.48 bits per heavy atom. The van der Waals surface area contributed by atoms with Crippen molar-refractivity contribution < 1.29 is 23.8 Å². The highest BCUT2D eigenvalue weighted by Gasteiger charge is 2.23. The Balaban J connectivity index is 1.62. The quantitative estimate of drug-likeness (QED) is 0.712. The smallest absolute Gasteiger partial charge is 0.270 e. The van der Waals surface area contributed by atoms with Crippen LogP contribution in [0.25, 0.3) is 6.08 Å². The SMILES string of the molecule is O=C(N/C(=C\c1ccc2c(c1)OCO2)C(=O)N1CCOCC1)c1ccc(Br)cc1. The zero-order chi connectivity index (χ0) is 20.2. The second kappa shape index (κ2) is 8.67. The van der Waals surface area contributed by atoms with Crippen molar-refractivity contribution in [1.29, 1.82) is 0 Å². The highest BCUT2D eigenvalue weighted by atomic mass is 79.9. The molecule has 0 radical (unpaired) electrons. The van der Waals surface area contributed by atoms with Crippen LogP contribution in [0.4, 0.5) is 0 Å². The third-order valence-corrected chi connectivity index (χ3v) is 5.12. The maximum Gasteiger partial charge on any atom is 0.270 e. The average Bonchev–Trinajstić information content (AvgIpc) is 3.21. The molecule has 2 aromatic carbocycles. The molecule has 0 aliphatic carbocycles. The fourth-order valence-electron chi connectivity index (χ4n) is 3.05. The molecule has 29 heavy (non-hydrogen) atoms. The zero-order valence-corrected chi connectivity index (χ0v) is 17.1. The van der Waals surface area contributed by atoms with E-state index in [0.29, 0.717) is 43.4 Å². The molecular formula is C21H19BrN2O5. The molecule has 150 valence electrons. The Bertz CT molecular complexity index is 952. The van der Waals surface area contributed by atoms with E-state index in [2.05, 4.69) is 21.2 Å². The standard InChI is InChI=1S/C21H19BrN2O5/c22-16-4-2-15(3-5-16)20(25)23-17(21(26)24-7-9-27-10-8-24)11-14-1-6-18-19(12-14)29-13-28-18/h1-6,11-12H,7-10,13H2,(H,23,25)/b17-11-. The van der Waals surface area contributed by atoms with Crippen LogP contribution in [0, 0.1) is 0 Å². The van der Waals surface area contributed by atoms with Gasteiger partial charge in [0.1, 0.15) is 5.70 Å². The summed E-state index contributed by atoms with van der Waals surface area (Å²) in [6.07, 6.45) is 1.65. The van der Waals surface area contributed by atoms with Crippen molar-refractivity contribution in [2.75, 3.05) is 33.1 Å². The van der Waals surface area contributed by atoms with Gasteiger partial charge < -0.3 is 24.4 Å². The van der Waals surface area contributed by atoms with E-state index in [-0.39, 0.29) is 24.3 Å². The van der Waals surface area contributed by atoms with Gasteiger partial charge in [-0.1, -0.05) is 22.0 Å². The summed E-state index contributed by atoms with van der Waals surface area (Å²) in [5.74, 6) is 0.654. The van der Waals surface area contributed by atoms with E-state index in [4.69, 9.17) is 14.2 Å². The molecular weight excluding hydrogens is 440 g/mol. The Kier molecular flexibility index (Phi) is 5.82. The number of amides is 2. The molecule has 7 nitrogen and oxygen atoms in total. The van der Waals surface area contributed by atoms with Gasteiger partial charge in [0, 0.05) is 23.1 Å². The van der Waals surface area contributed by atoms with Crippen molar-refractivity contribution in [3.05, 3.63) is 63.8 Å². The summed E-state index contributed by atoms with van der Waals surface area (Å²) in [6.45, 7) is 2.08. The second-order valence-electron chi connectivity index (χ2n) is 6.54. The molecule has 2 aromatic rings. The number of carbonyl (C=O) groups is 2. The van der Waals surface area contributed by atoms with E-state index in [1.807, 2.05) is 6.07 Å². The fourth-order valence-corrected chi connectivity index (χ4v) is 3.32. The Morgan fingerprint density at radius 2 is 1.72 bits per heavy atom. The van der Waals surface area contributed by atoms with E-state index < -0.39 is 0 Å². The minimum atomic E-state index is -0.355. The molecule has 0 saturated carbocycles. The van der Waals surface area contributed by atoms with E-state index in [1.54, 1.807) is 47.4 Å². The number of morpholine rings is 1. The maximum atomic E-state index is 13.1. The molecule has 0 bridgehead atoms. The zero-order valence-electron chi connectivity index (χ0n) is 15.5. The second-order valence-corrected chi connectivity index (χ2v) is 7.45. The van der Waals surface area contributed by atoms with Gasteiger partial charge in [0.05, 0.1) is 13.2 Å². The predicted octanol–water partition coefficient (Wildman–Crippen LogP) is 2.81. The average molecular weight is 459 g/mol. The minimum Gasteiger partial charge on any atom is -0.454 e. The monoisotopic (exact) mass is 458 g/mol. The van der Waals surface area contributed by atoms with Gasteiger partial charge in [-0.25, -0.2) is 0 Å². The number of hydrogen-bond acceptors (Lipinski definition) is 5. The van der Waals surface area contributed by atoms with Crippen LogP contribution in [0.3, 0.4) is 0 Å². The van der Waals surface area contributed by atoms with Crippen molar-refractivity contribution in [2.24, 2.45) is 0 Å². The van der Waals surface area contributed by atoms with Gasteiger partial charge in [-0.3, -0.25) is 9.59 Å². The Labute approximate surface area is 176 Å². The lowest BCUT2D eigenvalue weighted by molar-refractivity contribution is -0.131. The predicted molar refractivity (Wildman–Crippen MR) is 110 cm³/mol. The molecule has 0 unspecified atom stereocenters. The van der Waals surface area contributed by atoms with Gasteiger partial charge in [-0.2, -0.15) is 0 Å². The van der Waals surface area contributed by atoms with Gasteiger partial charge in [0.25, 0.3) is 11.8 Å². The molecule has 8 heteroatoms. The number of fused-ring (bicyclic) bond motifs is 1. The molecule has 1 saturated heterocycles. The highest BCUT2D eigenvalue weighted by Crippen LogP contribution is 2.33. The molecule has 2 heterocycles. The lowest BCUT2D eigenvalue weighted by atomic mass is 10.1. The van der Waals surface area contributed by atoms with Gasteiger partial charge in [0.2, 0.25) is 6.79 Å². The summed E-state index contributed by atoms with van der Waals surface area (Å²) < 4.78 is 16.9. The van der Waals surface area contributed by atoms with Crippen molar-refractivity contribution in [2.45, 2.75) is 0 Å². The number of ether oxygens (including phenoxy) is 3. The number of nitrogens with one attached hydrogen (secondary N) is 1. The van der Waals surface area contributed by atoms with Gasteiger partial charge in [0.15, 0.2) is 11.5 Å². The highest BCUT2D eigenvalue weighted by molar-refractivity contribution is 9.10. The van der Waals surface area contributed by atoms with Gasteiger partial charge in [-0.05, 0) is 48.0 Å². The summed E-state index contributed by atoms with van der Waals surface area (Å²) in [5.41, 5.74) is 1.38. The first-order valence-corrected chi connectivity index (χ1v) is 9.95. The van der Waals surface area contributed by atoms with E-state index in [9.17, 15) is 9.59 Å². The largest absolute Gasteiger partial charge is 0.454 e. The maximum absolute atomic E-state index is 13.1. The van der Waals surface area contributed by atoms with Crippen LogP contribution in [-0.4, -0.2) is 49.8 Å². The summed E-state index contributed by atoms with van der Waals surface area (Å²) >= 11 is 3.35. The van der Waals surface area contributed by atoms with Crippen LogP contribution < -0.4 is 14.8 Å². The van der Waals surface area contributed by atoms with Crippen LogP contribution in [-0.2, 0) is 9.53 Å². The number of nitrogens with zero attached hydrogens (tertiary/aromatic N) is 1. The van der Waals surface area contributed by atoms with Crippen LogP contribution >= 0.6 is 15.9 Å². The third-order valence-electron chi connectivity index (χ3n) is 4.59. The van der Waals surface area contributed by atoms with E-state index in [1.165, 1.54) is 0 Å². The van der Waals surface area contributed by atoms with Crippen LogP contribution in [0.15, 0.2) is 52.6 Å². The molecule has 2 aliphatic heterocycles.